The van der Waals surface area contributed by atoms with E-state index in [4.69, 9.17) is 0 Å². The number of anilines is 1. The Balaban J connectivity index is 2.14. The molecule has 0 heterocycles. The van der Waals surface area contributed by atoms with Crippen molar-refractivity contribution in [1.29, 1.82) is 0 Å². The largest absolute Gasteiger partial charge is 0.339 e. The van der Waals surface area contributed by atoms with Crippen molar-refractivity contribution in [1.82, 2.24) is 4.90 Å². The highest BCUT2D eigenvalue weighted by Crippen LogP contribution is 2.25. The average molecular weight is 389 g/mol. The monoisotopic (exact) mass is 388 g/mol. The van der Waals surface area contributed by atoms with E-state index in [2.05, 4.69) is 0 Å². The molecule has 0 fully saturated rings. The minimum Gasteiger partial charge on any atom is -0.339 e. The van der Waals surface area contributed by atoms with E-state index in [0.717, 1.165) is 16.7 Å². The molecule has 0 aromatic heterocycles. The van der Waals surface area contributed by atoms with Crippen LogP contribution in [0.2, 0.25) is 0 Å². The number of hydrogen-bond acceptors (Lipinski definition) is 3. The van der Waals surface area contributed by atoms with Crippen molar-refractivity contribution in [3.8, 4) is 0 Å². The van der Waals surface area contributed by atoms with Crippen LogP contribution >= 0.6 is 0 Å². The van der Waals surface area contributed by atoms with Gasteiger partial charge in [-0.05, 0) is 43.5 Å². The fraction of sp³-hybridized carbons (Fsp3) is 0.381. The average Bonchev–Trinajstić information content (AvgIpc) is 2.62. The summed E-state index contributed by atoms with van der Waals surface area (Å²) in [7, 11) is -3.48. The van der Waals surface area contributed by atoms with E-state index in [1.807, 2.05) is 63.2 Å². The molecule has 27 heavy (non-hydrogen) atoms. The van der Waals surface area contributed by atoms with Gasteiger partial charge in [-0.15, -0.1) is 0 Å². The SMILES string of the molecule is CCN(Cc1ccccc1)C(=O)CCN(c1cccc(C)c1C)S(C)(=O)=O. The zero-order valence-electron chi connectivity index (χ0n) is 16.5. The molecular weight excluding hydrogens is 360 g/mol. The van der Waals surface area contributed by atoms with Gasteiger partial charge in [0.1, 0.15) is 0 Å². The van der Waals surface area contributed by atoms with Crippen LogP contribution in [-0.2, 0) is 21.4 Å². The number of hydrogen-bond donors (Lipinski definition) is 0. The van der Waals surface area contributed by atoms with Gasteiger partial charge in [0.2, 0.25) is 15.9 Å². The predicted octanol–water partition coefficient (Wildman–Crippen LogP) is 3.51. The van der Waals surface area contributed by atoms with Crippen LogP contribution in [0.1, 0.15) is 30.0 Å². The highest BCUT2D eigenvalue weighted by molar-refractivity contribution is 7.92. The number of carbonyl (C=O) groups is 1. The lowest BCUT2D eigenvalue weighted by Crippen LogP contribution is -2.37. The zero-order chi connectivity index (χ0) is 20.0. The molecule has 0 aliphatic rings. The molecule has 0 atom stereocenters. The Kier molecular flexibility index (Phi) is 7.02. The lowest BCUT2D eigenvalue weighted by Gasteiger charge is -2.27. The number of carbonyl (C=O) groups excluding carboxylic acids is 1. The quantitative estimate of drug-likeness (QED) is 0.695. The number of sulfonamides is 1. The van der Waals surface area contributed by atoms with Crippen LogP contribution in [-0.4, -0.2) is 38.6 Å². The van der Waals surface area contributed by atoms with Gasteiger partial charge in [-0.25, -0.2) is 8.42 Å². The number of amides is 1. The van der Waals surface area contributed by atoms with E-state index in [9.17, 15) is 13.2 Å². The van der Waals surface area contributed by atoms with Crippen LogP contribution in [0.3, 0.4) is 0 Å². The summed E-state index contributed by atoms with van der Waals surface area (Å²) in [5, 5.41) is 0. The Morgan fingerprint density at radius 2 is 1.67 bits per heavy atom. The second-order valence-electron chi connectivity index (χ2n) is 6.70. The lowest BCUT2D eigenvalue weighted by molar-refractivity contribution is -0.131. The van der Waals surface area contributed by atoms with Gasteiger partial charge in [-0.2, -0.15) is 0 Å². The third kappa shape index (κ3) is 5.57. The summed E-state index contributed by atoms with van der Waals surface area (Å²) in [5.41, 5.74) is 3.62. The number of nitrogens with zero attached hydrogens (tertiary/aromatic N) is 2. The van der Waals surface area contributed by atoms with Crippen molar-refractivity contribution in [2.24, 2.45) is 0 Å². The maximum Gasteiger partial charge on any atom is 0.232 e. The number of benzene rings is 2. The van der Waals surface area contributed by atoms with Crippen molar-refractivity contribution in [2.45, 2.75) is 33.7 Å². The van der Waals surface area contributed by atoms with Gasteiger partial charge < -0.3 is 4.90 Å². The summed E-state index contributed by atoms with van der Waals surface area (Å²) < 4.78 is 26.0. The molecule has 0 saturated heterocycles. The molecule has 2 rings (SSSR count). The molecule has 0 unspecified atom stereocenters. The molecule has 2 aromatic carbocycles. The maximum atomic E-state index is 12.7. The number of aryl methyl sites for hydroxylation is 1. The lowest BCUT2D eigenvalue weighted by atomic mass is 10.1. The van der Waals surface area contributed by atoms with Gasteiger partial charge in [-0.3, -0.25) is 9.10 Å². The van der Waals surface area contributed by atoms with Crippen molar-refractivity contribution < 1.29 is 13.2 Å². The van der Waals surface area contributed by atoms with Gasteiger partial charge >= 0.3 is 0 Å². The third-order valence-electron chi connectivity index (χ3n) is 4.72. The summed E-state index contributed by atoms with van der Waals surface area (Å²) in [6, 6.07) is 15.4. The molecule has 1 amide bonds. The van der Waals surface area contributed by atoms with E-state index in [0.29, 0.717) is 18.8 Å². The molecule has 0 spiro atoms. The molecule has 0 bridgehead atoms. The zero-order valence-corrected chi connectivity index (χ0v) is 17.3. The van der Waals surface area contributed by atoms with Crippen LogP contribution in [0.4, 0.5) is 5.69 Å². The van der Waals surface area contributed by atoms with Crippen LogP contribution in [0, 0.1) is 13.8 Å². The van der Waals surface area contributed by atoms with Gasteiger partial charge in [0.15, 0.2) is 0 Å². The second kappa shape index (κ2) is 9.04. The Morgan fingerprint density at radius 1 is 1.00 bits per heavy atom. The smallest absolute Gasteiger partial charge is 0.232 e. The predicted molar refractivity (Wildman–Crippen MR) is 110 cm³/mol. The summed E-state index contributed by atoms with van der Waals surface area (Å²) in [6.45, 7) is 7.02. The molecule has 0 radical (unpaired) electrons. The Labute approximate surface area is 162 Å². The second-order valence-corrected chi connectivity index (χ2v) is 8.60. The highest BCUT2D eigenvalue weighted by atomic mass is 32.2. The molecule has 0 aliphatic carbocycles. The van der Waals surface area contributed by atoms with Gasteiger partial charge in [0, 0.05) is 26.1 Å². The van der Waals surface area contributed by atoms with Crippen molar-refractivity contribution >= 4 is 21.6 Å². The maximum absolute atomic E-state index is 12.7. The van der Waals surface area contributed by atoms with E-state index in [1.54, 1.807) is 11.0 Å². The molecule has 0 aliphatic heterocycles. The molecule has 0 N–H and O–H groups in total. The first-order valence-electron chi connectivity index (χ1n) is 9.09. The first-order chi connectivity index (χ1) is 12.7. The van der Waals surface area contributed by atoms with Crippen molar-refractivity contribution in [3.05, 3.63) is 65.2 Å². The molecule has 5 nitrogen and oxygen atoms in total. The fourth-order valence-corrected chi connectivity index (χ4v) is 3.98. The molecule has 0 saturated carbocycles. The summed E-state index contributed by atoms with van der Waals surface area (Å²) in [6.07, 6.45) is 1.32. The van der Waals surface area contributed by atoms with Gasteiger partial charge in [0.05, 0.1) is 11.9 Å². The van der Waals surface area contributed by atoms with Crippen molar-refractivity contribution in [2.75, 3.05) is 23.7 Å². The van der Waals surface area contributed by atoms with Gasteiger partial charge in [-0.1, -0.05) is 42.5 Å². The minimum atomic E-state index is -3.48. The normalized spacial score (nSPS) is 11.3. The van der Waals surface area contributed by atoms with Crippen LogP contribution in [0.25, 0.3) is 0 Å². The van der Waals surface area contributed by atoms with Crippen LogP contribution in [0.5, 0.6) is 0 Å². The van der Waals surface area contributed by atoms with E-state index >= 15 is 0 Å². The summed E-state index contributed by atoms with van der Waals surface area (Å²) in [5.74, 6) is -0.0553. The summed E-state index contributed by atoms with van der Waals surface area (Å²) in [4.78, 5) is 14.4. The molecular formula is C21H28N2O3S. The van der Waals surface area contributed by atoms with Crippen LogP contribution in [0.15, 0.2) is 48.5 Å². The molecule has 2 aromatic rings. The Morgan fingerprint density at radius 3 is 2.26 bits per heavy atom. The third-order valence-corrected chi connectivity index (χ3v) is 5.90. The van der Waals surface area contributed by atoms with Crippen LogP contribution < -0.4 is 4.31 Å². The Hall–Kier alpha value is -2.34. The highest BCUT2D eigenvalue weighted by Gasteiger charge is 2.22. The first kappa shape index (κ1) is 21.0. The first-order valence-corrected chi connectivity index (χ1v) is 10.9. The Bertz CT molecular complexity index is 880. The van der Waals surface area contributed by atoms with Gasteiger partial charge in [0.25, 0.3) is 0 Å². The molecule has 146 valence electrons. The molecule has 6 heteroatoms. The van der Waals surface area contributed by atoms with E-state index in [-0.39, 0.29) is 18.9 Å². The number of rotatable bonds is 8. The fourth-order valence-electron chi connectivity index (χ4n) is 3.01. The van der Waals surface area contributed by atoms with E-state index < -0.39 is 10.0 Å². The summed E-state index contributed by atoms with van der Waals surface area (Å²) >= 11 is 0. The standard InChI is InChI=1S/C21H28N2O3S/c1-5-22(16-19-11-7-6-8-12-19)21(24)14-15-23(27(4,25)26)20-13-9-10-17(2)18(20)3/h6-13H,5,14-16H2,1-4H3. The minimum absolute atomic E-state index is 0.0553. The van der Waals surface area contributed by atoms with Crippen molar-refractivity contribution in [3.63, 3.8) is 0 Å². The van der Waals surface area contributed by atoms with E-state index in [1.165, 1.54) is 10.6 Å². The topological polar surface area (TPSA) is 57.7 Å².